The van der Waals surface area contributed by atoms with Crippen LogP contribution in [0.5, 0.6) is 0 Å². The van der Waals surface area contributed by atoms with E-state index in [1.165, 1.54) is 0 Å². The molecule has 0 saturated heterocycles. The Labute approximate surface area is 79.8 Å². The topological polar surface area (TPSA) is 47.3 Å². The molecule has 0 aromatic heterocycles. The van der Waals surface area contributed by atoms with Crippen molar-refractivity contribution in [3.05, 3.63) is 0 Å². The fraction of sp³-hybridized carbons (Fsp3) is 1.00. The summed E-state index contributed by atoms with van der Waals surface area (Å²) in [5, 5.41) is 3.15. The summed E-state index contributed by atoms with van der Waals surface area (Å²) in [6.07, 6.45) is -0.374. The van der Waals surface area contributed by atoms with Gasteiger partial charge < -0.3 is 15.8 Å². The Morgan fingerprint density at radius 2 is 2.15 bits per heavy atom. The molecule has 0 rings (SSSR count). The number of ether oxygens (including phenoxy) is 1. The Bertz CT molecular complexity index is 112. The van der Waals surface area contributed by atoms with Crippen molar-refractivity contribution in [2.75, 3.05) is 26.3 Å². The Kier molecular flexibility index (Phi) is 8.29. The summed E-state index contributed by atoms with van der Waals surface area (Å²) < 4.78 is 17.9. The summed E-state index contributed by atoms with van der Waals surface area (Å²) in [6.45, 7) is 5.84. The highest BCUT2D eigenvalue weighted by Gasteiger charge is 2.05. The van der Waals surface area contributed by atoms with Crippen molar-refractivity contribution in [3.8, 4) is 0 Å². The highest BCUT2D eigenvalue weighted by molar-refractivity contribution is 4.59. The van der Waals surface area contributed by atoms with Crippen molar-refractivity contribution in [1.29, 1.82) is 0 Å². The van der Waals surface area contributed by atoms with E-state index in [1.807, 2.05) is 13.8 Å². The van der Waals surface area contributed by atoms with E-state index in [0.29, 0.717) is 32.2 Å². The van der Waals surface area contributed by atoms with Gasteiger partial charge in [0.2, 0.25) is 0 Å². The third kappa shape index (κ3) is 9.73. The Hall–Kier alpha value is -0.190. The highest BCUT2D eigenvalue weighted by Crippen LogP contribution is 1.97. The normalized spacial score (nSPS) is 13.6. The third-order valence-corrected chi connectivity index (χ3v) is 1.57. The lowest BCUT2D eigenvalue weighted by molar-refractivity contribution is 0.0820. The number of hydrogen-bond donors (Lipinski definition) is 2. The van der Waals surface area contributed by atoms with Crippen molar-refractivity contribution in [2.45, 2.75) is 32.5 Å². The minimum Gasteiger partial charge on any atom is -0.377 e. The van der Waals surface area contributed by atoms with Crippen LogP contribution < -0.4 is 11.1 Å². The number of hydrogen-bond acceptors (Lipinski definition) is 3. The minimum atomic E-state index is -0.877. The van der Waals surface area contributed by atoms with Crippen LogP contribution in [0.1, 0.15) is 20.3 Å². The zero-order chi connectivity index (χ0) is 10.1. The van der Waals surface area contributed by atoms with Gasteiger partial charge in [0.15, 0.2) is 0 Å². The van der Waals surface area contributed by atoms with Crippen LogP contribution in [0.4, 0.5) is 4.39 Å². The largest absolute Gasteiger partial charge is 0.377 e. The van der Waals surface area contributed by atoms with E-state index in [1.54, 1.807) is 0 Å². The molecule has 80 valence electrons. The predicted molar refractivity (Wildman–Crippen MR) is 52.5 cm³/mol. The summed E-state index contributed by atoms with van der Waals surface area (Å²) in [5.74, 6) is 0. The van der Waals surface area contributed by atoms with Gasteiger partial charge in [0.05, 0.1) is 13.2 Å². The molecule has 0 aromatic carbocycles. The average molecular weight is 192 g/mol. The maximum Gasteiger partial charge on any atom is 0.125 e. The third-order valence-electron chi connectivity index (χ3n) is 1.57. The van der Waals surface area contributed by atoms with Gasteiger partial charge in [-0.15, -0.1) is 0 Å². The van der Waals surface area contributed by atoms with E-state index in [4.69, 9.17) is 10.5 Å². The molecule has 0 bridgehead atoms. The second kappa shape index (κ2) is 8.41. The van der Waals surface area contributed by atoms with Gasteiger partial charge in [0.25, 0.3) is 0 Å². The molecule has 1 atom stereocenters. The van der Waals surface area contributed by atoms with E-state index in [9.17, 15) is 4.39 Å². The van der Waals surface area contributed by atoms with Gasteiger partial charge in [-0.3, -0.25) is 0 Å². The van der Waals surface area contributed by atoms with Gasteiger partial charge in [-0.25, -0.2) is 4.39 Å². The Balaban J connectivity index is 3.15. The lowest BCUT2D eigenvalue weighted by Crippen LogP contribution is -2.27. The molecule has 0 aliphatic heterocycles. The fourth-order valence-electron chi connectivity index (χ4n) is 0.907. The summed E-state index contributed by atoms with van der Waals surface area (Å²) >= 11 is 0. The average Bonchev–Trinajstić information content (AvgIpc) is 2.04. The first-order valence-electron chi connectivity index (χ1n) is 4.82. The molecule has 1 unspecified atom stereocenters. The van der Waals surface area contributed by atoms with E-state index < -0.39 is 6.17 Å². The van der Waals surface area contributed by atoms with Crippen LogP contribution in [0.15, 0.2) is 0 Å². The second-order valence-electron chi connectivity index (χ2n) is 3.36. The zero-order valence-electron chi connectivity index (χ0n) is 8.55. The number of nitrogens with one attached hydrogen (secondary N) is 1. The van der Waals surface area contributed by atoms with Gasteiger partial charge in [0.1, 0.15) is 6.17 Å². The summed E-state index contributed by atoms with van der Waals surface area (Å²) in [6, 6.07) is 0.414. The van der Waals surface area contributed by atoms with Crippen LogP contribution in [-0.4, -0.2) is 38.5 Å². The molecule has 3 N–H and O–H groups in total. The quantitative estimate of drug-likeness (QED) is 0.556. The monoisotopic (exact) mass is 192 g/mol. The Morgan fingerprint density at radius 1 is 1.46 bits per heavy atom. The van der Waals surface area contributed by atoms with Crippen molar-refractivity contribution >= 4 is 0 Å². The van der Waals surface area contributed by atoms with Gasteiger partial charge in [-0.05, 0) is 13.0 Å². The molecule has 0 spiro atoms. The van der Waals surface area contributed by atoms with Crippen LogP contribution in [-0.2, 0) is 4.74 Å². The first-order valence-corrected chi connectivity index (χ1v) is 4.82. The van der Waals surface area contributed by atoms with E-state index >= 15 is 0 Å². The molecule has 0 fully saturated rings. The first-order chi connectivity index (χ1) is 6.16. The SMILES string of the molecule is CC(C)NCCC(F)COCCN. The van der Waals surface area contributed by atoms with E-state index in [-0.39, 0.29) is 6.61 Å². The minimum absolute atomic E-state index is 0.164. The van der Waals surface area contributed by atoms with Crippen molar-refractivity contribution in [2.24, 2.45) is 5.73 Å². The maximum atomic E-state index is 13.0. The standard InChI is InChI=1S/C9H21FN2O/c1-8(2)12-5-3-9(10)7-13-6-4-11/h8-9,12H,3-7,11H2,1-2H3. The molecule has 0 aliphatic carbocycles. The molecule has 3 nitrogen and oxygen atoms in total. The first kappa shape index (κ1) is 12.8. The Morgan fingerprint density at radius 3 is 2.69 bits per heavy atom. The highest BCUT2D eigenvalue weighted by atomic mass is 19.1. The molecule has 0 heterocycles. The molecule has 13 heavy (non-hydrogen) atoms. The zero-order valence-corrected chi connectivity index (χ0v) is 8.55. The molecular formula is C9H21FN2O. The molecule has 0 saturated carbocycles. The van der Waals surface area contributed by atoms with Crippen molar-refractivity contribution < 1.29 is 9.13 Å². The maximum absolute atomic E-state index is 13.0. The number of alkyl halides is 1. The number of nitrogens with two attached hydrogens (primary N) is 1. The molecule has 0 radical (unpaired) electrons. The van der Waals surface area contributed by atoms with Crippen LogP contribution in [0.3, 0.4) is 0 Å². The second-order valence-corrected chi connectivity index (χ2v) is 3.36. The van der Waals surface area contributed by atoms with E-state index in [2.05, 4.69) is 5.32 Å². The van der Waals surface area contributed by atoms with Crippen LogP contribution in [0, 0.1) is 0 Å². The molecule has 4 heteroatoms. The van der Waals surface area contributed by atoms with Crippen molar-refractivity contribution in [3.63, 3.8) is 0 Å². The smallest absolute Gasteiger partial charge is 0.125 e. The number of rotatable bonds is 8. The summed E-state index contributed by atoms with van der Waals surface area (Å²) in [5.41, 5.74) is 5.19. The van der Waals surface area contributed by atoms with Crippen LogP contribution in [0.25, 0.3) is 0 Å². The molecule has 0 aromatic rings. The molecule has 0 amide bonds. The lowest BCUT2D eigenvalue weighted by atomic mass is 10.2. The van der Waals surface area contributed by atoms with Gasteiger partial charge >= 0.3 is 0 Å². The van der Waals surface area contributed by atoms with Crippen molar-refractivity contribution in [1.82, 2.24) is 5.32 Å². The predicted octanol–water partition coefficient (Wildman–Crippen LogP) is 0.688. The van der Waals surface area contributed by atoms with Gasteiger partial charge in [-0.1, -0.05) is 13.8 Å². The summed E-state index contributed by atoms with van der Waals surface area (Å²) in [4.78, 5) is 0. The van der Waals surface area contributed by atoms with Gasteiger partial charge in [0, 0.05) is 12.6 Å². The number of halogens is 1. The van der Waals surface area contributed by atoms with Gasteiger partial charge in [-0.2, -0.15) is 0 Å². The molecular weight excluding hydrogens is 171 g/mol. The fourth-order valence-corrected chi connectivity index (χ4v) is 0.907. The van der Waals surface area contributed by atoms with Crippen LogP contribution in [0.2, 0.25) is 0 Å². The van der Waals surface area contributed by atoms with E-state index in [0.717, 1.165) is 0 Å². The van der Waals surface area contributed by atoms with Crippen LogP contribution >= 0.6 is 0 Å². The molecule has 0 aliphatic rings. The lowest BCUT2D eigenvalue weighted by Gasteiger charge is -2.11. The summed E-state index contributed by atoms with van der Waals surface area (Å²) in [7, 11) is 0.